The summed E-state index contributed by atoms with van der Waals surface area (Å²) in [5, 5.41) is 2.96. The van der Waals surface area contributed by atoms with Crippen molar-refractivity contribution in [1.82, 2.24) is 5.32 Å². The summed E-state index contributed by atoms with van der Waals surface area (Å²) < 4.78 is 50.2. The Morgan fingerprint density at radius 1 is 1.29 bits per heavy atom. The van der Waals surface area contributed by atoms with Crippen molar-refractivity contribution in [2.45, 2.75) is 19.5 Å². The molecule has 0 radical (unpaired) electrons. The van der Waals surface area contributed by atoms with Gasteiger partial charge in [-0.05, 0) is 43.6 Å². The molecule has 1 atom stereocenters. The zero-order chi connectivity index (χ0) is 13.1. The first kappa shape index (κ1) is 14.0. The quantitative estimate of drug-likeness (QED) is 0.808. The van der Waals surface area contributed by atoms with Crippen molar-refractivity contribution in [1.29, 1.82) is 0 Å². The van der Waals surface area contributed by atoms with Crippen LogP contribution in [0.4, 0.5) is 17.6 Å². The number of halogens is 4. The third-order valence-electron chi connectivity index (χ3n) is 2.48. The zero-order valence-corrected chi connectivity index (χ0v) is 9.74. The van der Waals surface area contributed by atoms with Gasteiger partial charge in [0.05, 0.1) is 5.56 Å². The predicted octanol–water partition coefficient (Wildman–Crippen LogP) is 3.24. The summed E-state index contributed by atoms with van der Waals surface area (Å²) >= 11 is 0. The largest absolute Gasteiger partial charge is 0.419 e. The summed E-state index contributed by atoms with van der Waals surface area (Å²) in [5.41, 5.74) is -0.624. The molecule has 5 heteroatoms. The molecule has 0 spiro atoms. The van der Waals surface area contributed by atoms with E-state index in [2.05, 4.69) is 5.32 Å². The van der Waals surface area contributed by atoms with Gasteiger partial charge < -0.3 is 5.32 Å². The van der Waals surface area contributed by atoms with E-state index in [9.17, 15) is 17.6 Å². The molecule has 0 aliphatic heterocycles. The number of nitrogens with one attached hydrogen (secondary N) is 1. The lowest BCUT2D eigenvalue weighted by molar-refractivity contribution is -0.140. The van der Waals surface area contributed by atoms with Gasteiger partial charge in [-0.2, -0.15) is 13.2 Å². The molecule has 1 unspecified atom stereocenters. The molecule has 0 aliphatic carbocycles. The van der Waals surface area contributed by atoms with Crippen molar-refractivity contribution in [3.05, 3.63) is 35.1 Å². The maximum Gasteiger partial charge on any atom is 0.419 e. The van der Waals surface area contributed by atoms with Crippen molar-refractivity contribution in [2.24, 2.45) is 5.92 Å². The molecule has 0 amide bonds. The highest BCUT2D eigenvalue weighted by Gasteiger charge is 2.33. The van der Waals surface area contributed by atoms with Crippen molar-refractivity contribution in [3.8, 4) is 0 Å². The maximum atomic E-state index is 13.2. The van der Waals surface area contributed by atoms with Crippen LogP contribution in [0.5, 0.6) is 0 Å². The normalized spacial score (nSPS) is 13.8. The smallest absolute Gasteiger partial charge is 0.319 e. The Labute approximate surface area is 97.8 Å². The van der Waals surface area contributed by atoms with Crippen LogP contribution >= 0.6 is 0 Å². The minimum absolute atomic E-state index is 0.246. The molecule has 0 aliphatic rings. The van der Waals surface area contributed by atoms with Crippen LogP contribution in [0.15, 0.2) is 18.2 Å². The van der Waals surface area contributed by atoms with Gasteiger partial charge in [0.15, 0.2) is 0 Å². The van der Waals surface area contributed by atoms with E-state index in [4.69, 9.17) is 0 Å². The SMILES string of the molecule is CNCC(C)Cc1ccc(C(F)(F)F)c(F)c1. The second-order valence-corrected chi connectivity index (χ2v) is 4.18. The Kier molecular flexibility index (Phi) is 4.51. The van der Waals surface area contributed by atoms with Gasteiger partial charge in [-0.15, -0.1) is 0 Å². The van der Waals surface area contributed by atoms with Gasteiger partial charge in [-0.25, -0.2) is 4.39 Å². The maximum absolute atomic E-state index is 13.2. The van der Waals surface area contributed by atoms with E-state index in [0.717, 1.165) is 18.7 Å². The van der Waals surface area contributed by atoms with E-state index < -0.39 is 17.6 Å². The van der Waals surface area contributed by atoms with E-state index in [-0.39, 0.29) is 5.92 Å². The molecule has 96 valence electrons. The van der Waals surface area contributed by atoms with Gasteiger partial charge in [0, 0.05) is 0 Å². The molecule has 17 heavy (non-hydrogen) atoms. The van der Waals surface area contributed by atoms with Gasteiger partial charge >= 0.3 is 6.18 Å². The average Bonchev–Trinajstić information content (AvgIpc) is 2.15. The first-order chi connectivity index (χ1) is 7.84. The van der Waals surface area contributed by atoms with Crippen LogP contribution in [-0.4, -0.2) is 13.6 Å². The molecule has 0 bridgehead atoms. The van der Waals surface area contributed by atoms with Crippen LogP contribution in [0.1, 0.15) is 18.1 Å². The molecule has 1 rings (SSSR count). The zero-order valence-electron chi connectivity index (χ0n) is 9.74. The Hall–Kier alpha value is -1.10. The van der Waals surface area contributed by atoms with Gasteiger partial charge in [-0.1, -0.05) is 13.0 Å². The van der Waals surface area contributed by atoms with Crippen molar-refractivity contribution in [3.63, 3.8) is 0 Å². The fraction of sp³-hybridized carbons (Fsp3) is 0.500. The summed E-state index contributed by atoms with van der Waals surface area (Å²) in [6, 6.07) is 3.10. The molecule has 0 fully saturated rings. The van der Waals surface area contributed by atoms with Gasteiger partial charge in [0.25, 0.3) is 0 Å². The summed E-state index contributed by atoms with van der Waals surface area (Å²) in [7, 11) is 1.80. The Morgan fingerprint density at radius 2 is 1.94 bits per heavy atom. The van der Waals surface area contributed by atoms with Crippen molar-refractivity contribution >= 4 is 0 Å². The average molecular weight is 249 g/mol. The Morgan fingerprint density at radius 3 is 2.41 bits per heavy atom. The van der Waals surface area contributed by atoms with Crippen LogP contribution < -0.4 is 5.32 Å². The molecule has 1 nitrogen and oxygen atoms in total. The summed E-state index contributed by atoms with van der Waals surface area (Å²) in [6.07, 6.45) is -4.07. The molecule has 1 aromatic carbocycles. The van der Waals surface area contributed by atoms with Gasteiger partial charge in [0.1, 0.15) is 5.82 Å². The number of rotatable bonds is 4. The van der Waals surface area contributed by atoms with E-state index in [1.54, 1.807) is 7.05 Å². The molecule has 0 heterocycles. The van der Waals surface area contributed by atoms with E-state index >= 15 is 0 Å². The van der Waals surface area contributed by atoms with Crippen molar-refractivity contribution in [2.75, 3.05) is 13.6 Å². The van der Waals surface area contributed by atoms with Crippen LogP contribution in [0.3, 0.4) is 0 Å². The summed E-state index contributed by atoms with van der Waals surface area (Å²) in [5.74, 6) is -0.956. The third-order valence-corrected chi connectivity index (χ3v) is 2.48. The summed E-state index contributed by atoms with van der Waals surface area (Å²) in [6.45, 7) is 2.69. The lowest BCUT2D eigenvalue weighted by atomic mass is 9.99. The number of hydrogen-bond acceptors (Lipinski definition) is 1. The number of benzene rings is 1. The van der Waals surface area contributed by atoms with Crippen LogP contribution in [0.2, 0.25) is 0 Å². The fourth-order valence-corrected chi connectivity index (χ4v) is 1.74. The Balaban J connectivity index is 2.82. The minimum Gasteiger partial charge on any atom is -0.319 e. The predicted molar refractivity (Wildman–Crippen MR) is 58.2 cm³/mol. The molecular formula is C12H15F4N. The van der Waals surface area contributed by atoms with Crippen molar-refractivity contribution < 1.29 is 17.6 Å². The van der Waals surface area contributed by atoms with Gasteiger partial charge in [-0.3, -0.25) is 0 Å². The lowest BCUT2D eigenvalue weighted by Crippen LogP contribution is -2.18. The van der Waals surface area contributed by atoms with Crippen LogP contribution in [0, 0.1) is 11.7 Å². The molecule has 1 aromatic rings. The molecule has 0 saturated heterocycles. The highest BCUT2D eigenvalue weighted by Crippen LogP contribution is 2.31. The topological polar surface area (TPSA) is 12.0 Å². The van der Waals surface area contributed by atoms with Crippen LogP contribution in [-0.2, 0) is 12.6 Å². The minimum atomic E-state index is -4.63. The molecule has 0 aromatic heterocycles. The van der Waals surface area contributed by atoms with E-state index in [0.29, 0.717) is 12.0 Å². The first-order valence-electron chi connectivity index (χ1n) is 5.34. The fourth-order valence-electron chi connectivity index (χ4n) is 1.74. The number of hydrogen-bond donors (Lipinski definition) is 1. The summed E-state index contributed by atoms with van der Waals surface area (Å²) in [4.78, 5) is 0. The third kappa shape index (κ3) is 4.00. The molecule has 1 N–H and O–H groups in total. The molecular weight excluding hydrogens is 234 g/mol. The second-order valence-electron chi connectivity index (χ2n) is 4.18. The number of alkyl halides is 3. The molecule has 0 saturated carbocycles. The van der Waals surface area contributed by atoms with Gasteiger partial charge in [0.2, 0.25) is 0 Å². The monoisotopic (exact) mass is 249 g/mol. The first-order valence-corrected chi connectivity index (χ1v) is 5.34. The highest BCUT2D eigenvalue weighted by atomic mass is 19.4. The van der Waals surface area contributed by atoms with Crippen LogP contribution in [0.25, 0.3) is 0 Å². The highest BCUT2D eigenvalue weighted by molar-refractivity contribution is 5.26. The van der Waals surface area contributed by atoms with E-state index in [1.807, 2.05) is 6.92 Å². The van der Waals surface area contributed by atoms with E-state index in [1.165, 1.54) is 6.07 Å². The standard InChI is InChI=1S/C12H15F4N/c1-8(7-17-2)5-9-3-4-10(11(13)6-9)12(14,15)16/h3-4,6,8,17H,5,7H2,1-2H3. The second kappa shape index (κ2) is 5.49. The lowest BCUT2D eigenvalue weighted by Gasteiger charge is -2.12. The Bertz CT molecular complexity index is 373.